The van der Waals surface area contributed by atoms with Gasteiger partial charge in [0.25, 0.3) is 5.91 Å². The van der Waals surface area contributed by atoms with E-state index in [2.05, 4.69) is 20.9 Å². The Bertz CT molecular complexity index is 1110. The van der Waals surface area contributed by atoms with Crippen LogP contribution in [-0.2, 0) is 10.0 Å². The first-order valence-corrected chi connectivity index (χ1v) is 12.7. The molecule has 11 heteroatoms. The second-order valence-electron chi connectivity index (χ2n) is 8.09. The molecule has 1 aromatic carbocycles. The Morgan fingerprint density at radius 2 is 2.12 bits per heavy atom. The van der Waals surface area contributed by atoms with Crippen LogP contribution in [0.4, 0.5) is 0 Å². The zero-order valence-corrected chi connectivity index (χ0v) is 21.3. The predicted molar refractivity (Wildman–Crippen MR) is 126 cm³/mol. The van der Waals surface area contributed by atoms with E-state index in [-0.39, 0.29) is 47.9 Å². The van der Waals surface area contributed by atoms with Crippen LogP contribution in [0.2, 0.25) is 0 Å². The van der Waals surface area contributed by atoms with Crippen molar-refractivity contribution in [3.63, 3.8) is 0 Å². The molecule has 1 N–H and O–H groups in total. The van der Waals surface area contributed by atoms with E-state index in [0.717, 1.165) is 0 Å². The average molecular weight is 542 g/mol. The fourth-order valence-electron chi connectivity index (χ4n) is 3.59. The Morgan fingerprint density at radius 1 is 1.39 bits per heavy atom. The topological polar surface area (TPSA) is 109 Å². The second-order valence-corrected chi connectivity index (χ2v) is 11.1. The Balaban J connectivity index is 1.94. The van der Waals surface area contributed by atoms with Crippen LogP contribution in [0, 0.1) is 5.92 Å². The van der Waals surface area contributed by atoms with Crippen LogP contribution in [0.3, 0.4) is 0 Å². The molecule has 0 spiro atoms. The van der Waals surface area contributed by atoms with Gasteiger partial charge in [0.15, 0.2) is 0 Å². The highest BCUT2D eigenvalue weighted by molar-refractivity contribution is 9.10. The van der Waals surface area contributed by atoms with Crippen LogP contribution < -0.4 is 9.47 Å². The normalized spacial score (nSPS) is 20.0. The highest BCUT2D eigenvalue weighted by Crippen LogP contribution is 2.29. The number of fused-ring (bicyclic) bond motifs is 1. The molecule has 2 heterocycles. The van der Waals surface area contributed by atoms with Gasteiger partial charge in [0.1, 0.15) is 17.4 Å². The van der Waals surface area contributed by atoms with Gasteiger partial charge in [-0.2, -0.15) is 4.31 Å². The number of benzene rings is 1. The molecule has 0 fully saturated rings. The maximum atomic E-state index is 13.2. The van der Waals surface area contributed by atoms with Gasteiger partial charge in [0, 0.05) is 36.2 Å². The number of carbonyl (C=O) groups is 1. The van der Waals surface area contributed by atoms with Gasteiger partial charge in [-0.05, 0) is 41.1 Å². The summed E-state index contributed by atoms with van der Waals surface area (Å²) in [5.41, 5.74) is 0.250. The summed E-state index contributed by atoms with van der Waals surface area (Å²) >= 11 is 3.33. The third-order valence-corrected chi connectivity index (χ3v) is 7.93. The maximum absolute atomic E-state index is 13.2. The molecule has 2 aromatic rings. The first-order valence-electron chi connectivity index (χ1n) is 10.4. The number of sulfonamides is 1. The minimum absolute atomic E-state index is 0.0351. The molecule has 1 aliphatic heterocycles. The quantitative estimate of drug-likeness (QED) is 0.573. The van der Waals surface area contributed by atoms with Crippen molar-refractivity contribution >= 4 is 31.9 Å². The van der Waals surface area contributed by atoms with Crippen LogP contribution in [-0.4, -0.2) is 79.6 Å². The molecule has 0 saturated heterocycles. The van der Waals surface area contributed by atoms with E-state index in [0.29, 0.717) is 10.2 Å². The lowest BCUT2D eigenvalue weighted by Crippen LogP contribution is -2.50. The molecule has 0 bridgehead atoms. The van der Waals surface area contributed by atoms with Gasteiger partial charge in [-0.25, -0.2) is 13.4 Å². The number of pyridine rings is 1. The van der Waals surface area contributed by atoms with Crippen LogP contribution in [0.15, 0.2) is 45.9 Å². The number of hydrogen-bond acceptors (Lipinski definition) is 7. The van der Waals surface area contributed by atoms with Crippen LogP contribution in [0.1, 0.15) is 24.2 Å². The molecule has 3 atom stereocenters. The third kappa shape index (κ3) is 5.48. The number of likely N-dealkylation sites (N-methyl/N-ethyl adjacent to an activating group) is 1. The molecule has 1 amide bonds. The molecule has 180 valence electrons. The van der Waals surface area contributed by atoms with E-state index in [1.807, 2.05) is 6.92 Å². The number of aliphatic hydroxyl groups is 1. The number of ether oxygens (including phenoxy) is 2. The van der Waals surface area contributed by atoms with E-state index in [9.17, 15) is 18.3 Å². The average Bonchev–Trinajstić information content (AvgIpc) is 2.81. The van der Waals surface area contributed by atoms with Crippen LogP contribution in [0.5, 0.6) is 11.6 Å². The zero-order chi connectivity index (χ0) is 24.3. The van der Waals surface area contributed by atoms with Crippen molar-refractivity contribution in [2.24, 2.45) is 5.92 Å². The SMILES string of the molecule is COc1cccc(S(=O)(=O)N(C)C[C@@H]2Oc3ncc(Br)cc3C(=O)N([C@H](C)CO)C[C@@H]2C)c1. The largest absolute Gasteiger partial charge is 0.497 e. The van der Waals surface area contributed by atoms with E-state index >= 15 is 0 Å². The standard InChI is InChI=1S/C22H28BrN3O6S/c1-14-11-26(15(2)13-27)22(28)19-8-16(23)10-24-21(19)32-20(14)12-25(3)33(29,30)18-7-5-6-17(9-18)31-4/h5-10,14-15,20,27H,11-13H2,1-4H3/t14-,15+,20-/m0/s1. The second kappa shape index (κ2) is 10.4. The molecule has 0 radical (unpaired) electrons. The smallest absolute Gasteiger partial charge is 0.259 e. The molecule has 0 aliphatic carbocycles. The number of rotatable bonds is 7. The molecule has 9 nitrogen and oxygen atoms in total. The molecule has 33 heavy (non-hydrogen) atoms. The fourth-order valence-corrected chi connectivity index (χ4v) is 5.14. The van der Waals surface area contributed by atoms with E-state index in [1.165, 1.54) is 36.8 Å². The third-order valence-electron chi connectivity index (χ3n) is 5.67. The van der Waals surface area contributed by atoms with Crippen LogP contribution >= 0.6 is 15.9 Å². The summed E-state index contributed by atoms with van der Waals surface area (Å²) in [5, 5.41) is 9.69. The number of nitrogens with zero attached hydrogens (tertiary/aromatic N) is 3. The van der Waals surface area contributed by atoms with E-state index < -0.39 is 22.2 Å². The van der Waals surface area contributed by atoms with Crippen molar-refractivity contribution in [1.82, 2.24) is 14.2 Å². The van der Waals surface area contributed by atoms with Gasteiger partial charge < -0.3 is 19.5 Å². The highest BCUT2D eigenvalue weighted by Gasteiger charge is 2.35. The number of aromatic nitrogens is 1. The highest BCUT2D eigenvalue weighted by atomic mass is 79.9. The lowest BCUT2D eigenvalue weighted by Gasteiger charge is -2.37. The summed E-state index contributed by atoms with van der Waals surface area (Å²) in [6, 6.07) is 7.45. The molecule has 0 saturated carbocycles. The summed E-state index contributed by atoms with van der Waals surface area (Å²) in [5.74, 6) is 0.0190. The molecule has 0 unspecified atom stereocenters. The molecule has 3 rings (SSSR count). The van der Waals surface area contributed by atoms with Crippen LogP contribution in [0.25, 0.3) is 0 Å². The predicted octanol–water partition coefficient (Wildman–Crippen LogP) is 2.39. The summed E-state index contributed by atoms with van der Waals surface area (Å²) in [6.07, 6.45) is 0.927. The van der Waals surface area contributed by atoms with Gasteiger partial charge in [-0.1, -0.05) is 13.0 Å². The minimum Gasteiger partial charge on any atom is -0.497 e. The lowest BCUT2D eigenvalue weighted by atomic mass is 10.0. The molecule has 1 aromatic heterocycles. The number of carbonyl (C=O) groups excluding carboxylic acids is 1. The van der Waals surface area contributed by atoms with Crippen molar-refractivity contribution in [1.29, 1.82) is 0 Å². The first-order chi connectivity index (χ1) is 15.6. The monoisotopic (exact) mass is 541 g/mol. The Morgan fingerprint density at radius 3 is 2.79 bits per heavy atom. The van der Waals surface area contributed by atoms with Gasteiger partial charge in [0.05, 0.1) is 31.2 Å². The van der Waals surface area contributed by atoms with Crippen molar-refractivity contribution in [2.75, 3.05) is 33.9 Å². The summed E-state index contributed by atoms with van der Waals surface area (Å²) in [7, 11) is -0.860. The molecular formula is C22H28BrN3O6S. The number of aliphatic hydroxyl groups excluding tert-OH is 1. The number of hydrogen-bond donors (Lipinski definition) is 1. The van der Waals surface area contributed by atoms with Gasteiger partial charge in [0.2, 0.25) is 15.9 Å². The van der Waals surface area contributed by atoms with E-state index in [1.54, 1.807) is 30.0 Å². The Hall–Kier alpha value is -2.21. The fraction of sp³-hybridized carbons (Fsp3) is 0.455. The van der Waals surface area contributed by atoms with E-state index in [4.69, 9.17) is 9.47 Å². The summed E-state index contributed by atoms with van der Waals surface area (Å²) < 4.78 is 39.5. The van der Waals surface area contributed by atoms with Gasteiger partial charge in [-0.3, -0.25) is 4.79 Å². The lowest BCUT2D eigenvalue weighted by molar-refractivity contribution is 0.0373. The Labute approximate surface area is 202 Å². The zero-order valence-electron chi connectivity index (χ0n) is 18.9. The minimum atomic E-state index is -3.82. The summed E-state index contributed by atoms with van der Waals surface area (Å²) in [4.78, 5) is 19.1. The first kappa shape index (κ1) is 25.4. The van der Waals surface area contributed by atoms with Gasteiger partial charge >= 0.3 is 0 Å². The number of amides is 1. The molecule has 1 aliphatic rings. The number of methoxy groups -OCH3 is 1. The van der Waals surface area contributed by atoms with Crippen molar-refractivity contribution in [3.8, 4) is 11.6 Å². The maximum Gasteiger partial charge on any atom is 0.259 e. The number of halogens is 1. The van der Waals surface area contributed by atoms with Crippen molar-refractivity contribution in [3.05, 3.63) is 46.6 Å². The Kier molecular flexibility index (Phi) is 7.99. The summed E-state index contributed by atoms with van der Waals surface area (Å²) in [6.45, 7) is 3.75. The van der Waals surface area contributed by atoms with Gasteiger partial charge in [-0.15, -0.1) is 0 Å². The molecular weight excluding hydrogens is 514 g/mol. The van der Waals surface area contributed by atoms with Crippen molar-refractivity contribution < 1.29 is 27.8 Å². The van der Waals surface area contributed by atoms with Crippen molar-refractivity contribution in [2.45, 2.75) is 30.9 Å².